The van der Waals surface area contributed by atoms with Crippen LogP contribution in [0.25, 0.3) is 0 Å². The normalized spacial score (nSPS) is 18.2. The summed E-state index contributed by atoms with van der Waals surface area (Å²) in [6, 6.07) is 12.5. The average molecular weight is 458 g/mol. The molecule has 1 amide bonds. The summed E-state index contributed by atoms with van der Waals surface area (Å²) in [6.07, 6.45) is 3.07. The fraction of sp³-hybridized carbons (Fsp3) is 0.458. The molecule has 4 rings (SSSR count). The number of fused-ring (bicyclic) bond motifs is 1. The molecule has 0 spiro atoms. The first kappa shape index (κ1) is 22.8. The molecule has 1 saturated heterocycles. The fourth-order valence-electron chi connectivity index (χ4n) is 4.44. The Kier molecular flexibility index (Phi) is 6.83. The first-order valence-electron chi connectivity index (χ1n) is 11.3. The number of anilines is 1. The molecule has 0 bridgehead atoms. The summed E-state index contributed by atoms with van der Waals surface area (Å²) in [4.78, 5) is 15.2. The molecule has 172 valence electrons. The fourth-order valence-corrected chi connectivity index (χ4v) is 5.92. The number of ether oxygens (including phenoxy) is 1. The maximum atomic E-state index is 13.2. The maximum absolute atomic E-state index is 13.2. The molecule has 0 saturated carbocycles. The second-order valence-corrected chi connectivity index (χ2v) is 10.3. The predicted octanol–water partition coefficient (Wildman–Crippen LogP) is 2.91. The van der Waals surface area contributed by atoms with Crippen LogP contribution in [0, 0.1) is 0 Å². The van der Waals surface area contributed by atoms with Crippen LogP contribution in [-0.4, -0.2) is 62.4 Å². The van der Waals surface area contributed by atoms with Crippen molar-refractivity contribution in [3.63, 3.8) is 0 Å². The standard InChI is InChI=1S/C24H31N3O4S/c1-3-31-23-10-5-4-9-22(23)25-24(28)18(2)26-13-15-27(16-14-26)32(29,30)21-12-11-19-7-6-8-20(19)17-21/h4-5,9-12,17-18H,3,6-8,13-16H2,1-2H3,(H,25,28)/t18-/m0/s1. The summed E-state index contributed by atoms with van der Waals surface area (Å²) in [5, 5.41) is 2.95. The monoisotopic (exact) mass is 457 g/mol. The van der Waals surface area contributed by atoms with E-state index in [0.717, 1.165) is 24.8 Å². The number of amides is 1. The lowest BCUT2D eigenvalue weighted by molar-refractivity contribution is -0.121. The average Bonchev–Trinajstić information content (AvgIpc) is 3.28. The number of aryl methyl sites for hydroxylation is 2. The summed E-state index contributed by atoms with van der Waals surface area (Å²) in [7, 11) is -3.52. The third-order valence-corrected chi connectivity index (χ3v) is 8.25. The van der Waals surface area contributed by atoms with Gasteiger partial charge in [-0.1, -0.05) is 18.2 Å². The molecule has 0 radical (unpaired) electrons. The molecule has 32 heavy (non-hydrogen) atoms. The molecule has 0 unspecified atom stereocenters. The highest BCUT2D eigenvalue weighted by molar-refractivity contribution is 7.89. The molecular formula is C24H31N3O4S. The molecule has 2 aromatic rings. The van der Waals surface area contributed by atoms with Crippen LogP contribution in [0.15, 0.2) is 47.4 Å². The van der Waals surface area contributed by atoms with Gasteiger partial charge in [0, 0.05) is 26.2 Å². The Balaban J connectivity index is 1.37. The molecular weight excluding hydrogens is 426 g/mol. The highest BCUT2D eigenvalue weighted by atomic mass is 32.2. The van der Waals surface area contributed by atoms with Gasteiger partial charge in [-0.2, -0.15) is 4.31 Å². The van der Waals surface area contributed by atoms with Gasteiger partial charge < -0.3 is 10.1 Å². The molecule has 2 aliphatic rings. The Morgan fingerprint density at radius 1 is 1.06 bits per heavy atom. The van der Waals surface area contributed by atoms with Crippen molar-refractivity contribution in [1.82, 2.24) is 9.21 Å². The van der Waals surface area contributed by atoms with Crippen LogP contribution in [0.1, 0.15) is 31.4 Å². The van der Waals surface area contributed by atoms with Gasteiger partial charge in [-0.25, -0.2) is 8.42 Å². The van der Waals surface area contributed by atoms with E-state index < -0.39 is 10.0 Å². The Morgan fingerprint density at radius 3 is 2.53 bits per heavy atom. The van der Waals surface area contributed by atoms with Gasteiger partial charge in [0.1, 0.15) is 5.75 Å². The van der Waals surface area contributed by atoms with Crippen molar-refractivity contribution >= 4 is 21.6 Å². The summed E-state index contributed by atoms with van der Waals surface area (Å²) >= 11 is 0. The molecule has 1 fully saturated rings. The number of benzene rings is 2. The first-order valence-corrected chi connectivity index (χ1v) is 12.7. The van der Waals surface area contributed by atoms with Gasteiger partial charge in [0.2, 0.25) is 15.9 Å². The number of nitrogens with one attached hydrogen (secondary N) is 1. The van der Waals surface area contributed by atoms with Gasteiger partial charge in [-0.15, -0.1) is 0 Å². The van der Waals surface area contributed by atoms with E-state index in [0.29, 0.717) is 49.1 Å². The lowest BCUT2D eigenvalue weighted by Crippen LogP contribution is -2.53. The van der Waals surface area contributed by atoms with E-state index in [1.807, 2.05) is 55.1 Å². The lowest BCUT2D eigenvalue weighted by atomic mass is 10.1. The first-order chi connectivity index (χ1) is 15.4. The van der Waals surface area contributed by atoms with Crippen molar-refractivity contribution in [1.29, 1.82) is 0 Å². The van der Waals surface area contributed by atoms with Crippen molar-refractivity contribution in [2.75, 3.05) is 38.1 Å². The highest BCUT2D eigenvalue weighted by Gasteiger charge is 2.32. The molecule has 8 heteroatoms. The van der Waals surface area contributed by atoms with Crippen LogP contribution in [0.3, 0.4) is 0 Å². The van der Waals surface area contributed by atoms with Crippen molar-refractivity contribution < 1.29 is 17.9 Å². The molecule has 1 aliphatic heterocycles. The quantitative estimate of drug-likeness (QED) is 0.692. The van der Waals surface area contributed by atoms with Crippen LogP contribution < -0.4 is 10.1 Å². The van der Waals surface area contributed by atoms with Gasteiger partial charge in [0.05, 0.1) is 23.2 Å². The predicted molar refractivity (Wildman–Crippen MR) is 125 cm³/mol. The number of hydrogen-bond acceptors (Lipinski definition) is 5. The minimum absolute atomic E-state index is 0.132. The van der Waals surface area contributed by atoms with Gasteiger partial charge in [0.25, 0.3) is 0 Å². The van der Waals surface area contributed by atoms with Gasteiger partial charge in [0.15, 0.2) is 0 Å². The molecule has 2 aromatic carbocycles. The van der Waals surface area contributed by atoms with E-state index in [1.165, 1.54) is 9.87 Å². The number of rotatable bonds is 7. The lowest BCUT2D eigenvalue weighted by Gasteiger charge is -2.36. The summed E-state index contributed by atoms with van der Waals surface area (Å²) in [5.41, 5.74) is 3.06. The number of carbonyl (C=O) groups is 1. The van der Waals surface area contributed by atoms with E-state index in [-0.39, 0.29) is 11.9 Å². The van der Waals surface area contributed by atoms with E-state index in [9.17, 15) is 13.2 Å². The Bertz CT molecular complexity index is 1080. The molecule has 7 nitrogen and oxygen atoms in total. The smallest absolute Gasteiger partial charge is 0.243 e. The van der Waals surface area contributed by atoms with Crippen LogP contribution in [-0.2, 0) is 27.7 Å². The number of sulfonamides is 1. The second-order valence-electron chi connectivity index (χ2n) is 8.32. The van der Waals surface area contributed by atoms with E-state index >= 15 is 0 Å². The minimum Gasteiger partial charge on any atom is -0.492 e. The van der Waals surface area contributed by atoms with Gasteiger partial charge in [-0.05, 0) is 68.5 Å². The number of para-hydroxylation sites is 2. The van der Waals surface area contributed by atoms with Crippen LogP contribution in [0.4, 0.5) is 5.69 Å². The summed E-state index contributed by atoms with van der Waals surface area (Å²) in [6.45, 7) is 6.01. The largest absolute Gasteiger partial charge is 0.492 e. The summed E-state index contributed by atoms with van der Waals surface area (Å²) < 4.78 is 33.4. The van der Waals surface area contributed by atoms with Crippen LogP contribution in [0.2, 0.25) is 0 Å². The number of nitrogens with zero attached hydrogens (tertiary/aromatic N) is 2. The Morgan fingerprint density at radius 2 is 1.78 bits per heavy atom. The minimum atomic E-state index is -3.52. The summed E-state index contributed by atoms with van der Waals surface area (Å²) in [5.74, 6) is 0.507. The van der Waals surface area contributed by atoms with E-state index in [2.05, 4.69) is 5.32 Å². The highest BCUT2D eigenvalue weighted by Crippen LogP contribution is 2.27. The molecule has 1 atom stereocenters. The number of carbonyl (C=O) groups excluding carboxylic acids is 1. The van der Waals surface area contributed by atoms with Crippen molar-refractivity contribution in [3.05, 3.63) is 53.6 Å². The second kappa shape index (κ2) is 9.60. The van der Waals surface area contributed by atoms with Crippen LogP contribution >= 0.6 is 0 Å². The zero-order valence-electron chi connectivity index (χ0n) is 18.7. The van der Waals surface area contributed by atoms with Gasteiger partial charge in [-0.3, -0.25) is 9.69 Å². The SMILES string of the molecule is CCOc1ccccc1NC(=O)[C@H](C)N1CCN(S(=O)(=O)c2ccc3c(c2)CCC3)CC1. The zero-order valence-corrected chi connectivity index (χ0v) is 19.5. The Hall–Kier alpha value is -2.42. The van der Waals surface area contributed by atoms with Crippen molar-refractivity contribution in [2.45, 2.75) is 44.0 Å². The van der Waals surface area contributed by atoms with Crippen molar-refractivity contribution in [3.8, 4) is 5.75 Å². The molecule has 1 aliphatic carbocycles. The maximum Gasteiger partial charge on any atom is 0.243 e. The van der Waals surface area contributed by atoms with Crippen molar-refractivity contribution in [2.24, 2.45) is 0 Å². The topological polar surface area (TPSA) is 79.0 Å². The molecule has 1 N–H and O–H groups in total. The number of hydrogen-bond donors (Lipinski definition) is 1. The van der Waals surface area contributed by atoms with E-state index in [1.54, 1.807) is 6.07 Å². The molecule has 0 aromatic heterocycles. The Labute approximate surface area is 190 Å². The van der Waals surface area contributed by atoms with Crippen LogP contribution in [0.5, 0.6) is 5.75 Å². The zero-order chi connectivity index (χ0) is 22.7. The van der Waals surface area contributed by atoms with Gasteiger partial charge >= 0.3 is 0 Å². The number of piperazine rings is 1. The third kappa shape index (κ3) is 4.67. The third-order valence-electron chi connectivity index (χ3n) is 6.35. The molecule has 1 heterocycles. The van der Waals surface area contributed by atoms with E-state index in [4.69, 9.17) is 4.74 Å².